The summed E-state index contributed by atoms with van der Waals surface area (Å²) in [6.07, 6.45) is 2.56. The van der Waals surface area contributed by atoms with Crippen LogP contribution >= 0.6 is 0 Å². The number of carbonyl (C=O) groups excluding carboxylic acids is 2. The van der Waals surface area contributed by atoms with E-state index in [0.717, 1.165) is 17.3 Å². The Morgan fingerprint density at radius 3 is 2.36 bits per heavy atom. The number of carbonyl (C=O) groups is 2. The Morgan fingerprint density at radius 2 is 1.64 bits per heavy atom. The SMILES string of the molecule is NC(=O)CCC1CN(c2ccccc2)CCN1c1cc(Oc2cc(Cn3cnc(Cc4ccccc4)c3CC(N)=O)ccc2F)cc(O)c1F. The molecule has 0 spiro atoms. The molecule has 0 aliphatic carbocycles. The van der Waals surface area contributed by atoms with E-state index in [1.54, 1.807) is 21.9 Å². The molecule has 2 heterocycles. The van der Waals surface area contributed by atoms with Crippen molar-refractivity contribution in [1.82, 2.24) is 9.55 Å². The van der Waals surface area contributed by atoms with Crippen molar-refractivity contribution in [2.45, 2.75) is 38.3 Å². The number of phenolic OH excluding ortho intramolecular Hbond substituents is 1. The summed E-state index contributed by atoms with van der Waals surface area (Å²) in [5.74, 6) is -3.26. The zero-order chi connectivity index (χ0) is 35.2. The molecular formula is C38H38F2N6O4. The van der Waals surface area contributed by atoms with Crippen molar-refractivity contribution in [1.29, 1.82) is 0 Å². The van der Waals surface area contributed by atoms with E-state index in [0.29, 0.717) is 49.4 Å². The second kappa shape index (κ2) is 15.1. The summed E-state index contributed by atoms with van der Waals surface area (Å²) < 4.78 is 38.5. The summed E-state index contributed by atoms with van der Waals surface area (Å²) in [4.78, 5) is 32.2. The third kappa shape index (κ3) is 8.03. The second-order valence-electron chi connectivity index (χ2n) is 12.3. The first-order chi connectivity index (χ1) is 24.1. The topological polar surface area (TPSA) is 140 Å². The number of nitrogens with zero attached hydrogens (tertiary/aromatic N) is 4. The fourth-order valence-corrected chi connectivity index (χ4v) is 6.38. The lowest BCUT2D eigenvalue weighted by atomic mass is 10.0. The van der Waals surface area contributed by atoms with E-state index in [9.17, 15) is 14.7 Å². The molecule has 0 saturated carbocycles. The standard InChI is InChI=1S/C38H38F2N6O4/c39-30-13-11-26(22-45-24-43-31(32(45)21-37(42)49)17-25-7-3-1-4-8-25)18-35(30)50-29-19-33(38(40)34(47)20-29)46-16-15-44(27-9-5-2-6-10-27)23-28(46)12-14-36(41)48/h1-11,13,18-20,24,28,47H,12,14-17,21-23H2,(H2,41,48)(H2,42,49). The first-order valence-corrected chi connectivity index (χ1v) is 16.3. The van der Waals surface area contributed by atoms with Crippen LogP contribution in [0.15, 0.2) is 97.3 Å². The Balaban J connectivity index is 1.25. The predicted octanol–water partition coefficient (Wildman–Crippen LogP) is 5.29. The zero-order valence-electron chi connectivity index (χ0n) is 27.3. The molecule has 1 aliphatic heterocycles. The van der Waals surface area contributed by atoms with Crippen molar-refractivity contribution in [3.05, 3.63) is 131 Å². The Kier molecular flexibility index (Phi) is 10.3. The van der Waals surface area contributed by atoms with Crippen LogP contribution in [0.4, 0.5) is 20.2 Å². The molecule has 5 N–H and O–H groups in total. The molecular weight excluding hydrogens is 642 g/mol. The number of primary amides is 2. The maximum absolute atomic E-state index is 15.6. The molecule has 5 aromatic rings. The molecule has 6 rings (SSSR count). The number of hydrogen-bond donors (Lipinski definition) is 3. The first kappa shape index (κ1) is 34.0. The molecule has 258 valence electrons. The van der Waals surface area contributed by atoms with Gasteiger partial charge in [0, 0.05) is 62.9 Å². The lowest BCUT2D eigenvalue weighted by Crippen LogP contribution is -2.54. The van der Waals surface area contributed by atoms with Gasteiger partial charge in [-0.25, -0.2) is 13.8 Å². The fraction of sp³-hybridized carbons (Fsp3) is 0.237. The molecule has 1 aromatic heterocycles. The summed E-state index contributed by atoms with van der Waals surface area (Å²) in [6.45, 7) is 1.66. The highest BCUT2D eigenvalue weighted by Crippen LogP contribution is 2.38. The number of aromatic nitrogens is 2. The normalized spacial score (nSPS) is 14.5. The molecule has 50 heavy (non-hydrogen) atoms. The largest absolute Gasteiger partial charge is 0.505 e. The molecule has 0 bridgehead atoms. The van der Waals surface area contributed by atoms with E-state index < -0.39 is 29.2 Å². The van der Waals surface area contributed by atoms with Gasteiger partial charge in [0.2, 0.25) is 11.8 Å². The smallest absolute Gasteiger partial charge is 0.223 e. The number of ether oxygens (including phenoxy) is 1. The second-order valence-corrected chi connectivity index (χ2v) is 12.3. The van der Waals surface area contributed by atoms with Gasteiger partial charge in [0.15, 0.2) is 23.1 Å². The number of phenols is 1. The fourth-order valence-electron chi connectivity index (χ4n) is 6.38. The third-order valence-corrected chi connectivity index (χ3v) is 8.81. The summed E-state index contributed by atoms with van der Waals surface area (Å²) in [7, 11) is 0. The molecule has 10 nitrogen and oxygen atoms in total. The van der Waals surface area contributed by atoms with Crippen molar-refractivity contribution in [2.24, 2.45) is 11.5 Å². The minimum absolute atomic E-state index is 0.0234. The van der Waals surface area contributed by atoms with Crippen LogP contribution in [0.25, 0.3) is 0 Å². The molecule has 1 fully saturated rings. The number of nitrogens with two attached hydrogens (primary N) is 2. The zero-order valence-corrected chi connectivity index (χ0v) is 27.3. The average molecular weight is 681 g/mol. The Hall–Kier alpha value is -5.91. The molecule has 1 unspecified atom stereocenters. The van der Waals surface area contributed by atoms with E-state index in [2.05, 4.69) is 9.88 Å². The van der Waals surface area contributed by atoms with Crippen LogP contribution in [0.3, 0.4) is 0 Å². The van der Waals surface area contributed by atoms with Crippen LogP contribution in [0.1, 0.15) is 35.4 Å². The van der Waals surface area contributed by atoms with Crippen molar-refractivity contribution < 1.29 is 28.2 Å². The number of halogens is 2. The van der Waals surface area contributed by atoms with E-state index in [1.165, 1.54) is 18.2 Å². The minimum Gasteiger partial charge on any atom is -0.505 e. The maximum atomic E-state index is 15.6. The van der Waals surface area contributed by atoms with E-state index in [4.69, 9.17) is 16.2 Å². The third-order valence-electron chi connectivity index (χ3n) is 8.81. The van der Waals surface area contributed by atoms with E-state index in [1.807, 2.05) is 60.7 Å². The van der Waals surface area contributed by atoms with Crippen molar-refractivity contribution in [2.75, 3.05) is 29.4 Å². The Labute approximate surface area is 288 Å². The van der Waals surface area contributed by atoms with E-state index in [-0.39, 0.29) is 42.6 Å². The van der Waals surface area contributed by atoms with Crippen LogP contribution in [0.2, 0.25) is 0 Å². The van der Waals surface area contributed by atoms with Gasteiger partial charge in [-0.15, -0.1) is 0 Å². The van der Waals surface area contributed by atoms with Gasteiger partial charge in [0.1, 0.15) is 5.75 Å². The quantitative estimate of drug-likeness (QED) is 0.154. The van der Waals surface area contributed by atoms with Crippen LogP contribution in [0.5, 0.6) is 17.2 Å². The van der Waals surface area contributed by atoms with Gasteiger partial charge in [-0.2, -0.15) is 0 Å². The number of aromatic hydroxyl groups is 1. The summed E-state index contributed by atoms with van der Waals surface area (Å²) >= 11 is 0. The number of amides is 2. The van der Waals surface area contributed by atoms with Crippen LogP contribution in [0, 0.1) is 11.6 Å². The van der Waals surface area contributed by atoms with Gasteiger partial charge >= 0.3 is 0 Å². The van der Waals surface area contributed by atoms with Crippen molar-refractivity contribution in [3.63, 3.8) is 0 Å². The molecule has 4 aromatic carbocycles. The van der Waals surface area contributed by atoms with Crippen LogP contribution < -0.4 is 26.0 Å². The minimum atomic E-state index is -0.850. The molecule has 1 atom stereocenters. The Bertz CT molecular complexity index is 1970. The van der Waals surface area contributed by atoms with Gasteiger partial charge in [-0.1, -0.05) is 54.6 Å². The monoisotopic (exact) mass is 680 g/mol. The molecule has 0 radical (unpaired) electrons. The predicted molar refractivity (Wildman–Crippen MR) is 186 cm³/mol. The molecule has 12 heteroatoms. The molecule has 1 saturated heterocycles. The van der Waals surface area contributed by atoms with Crippen LogP contribution in [-0.2, 0) is 29.0 Å². The van der Waals surface area contributed by atoms with Gasteiger partial charge in [-0.05, 0) is 41.8 Å². The number of para-hydroxylation sites is 1. The Morgan fingerprint density at radius 1 is 0.900 bits per heavy atom. The number of benzene rings is 4. The number of rotatable bonds is 13. The van der Waals surface area contributed by atoms with Gasteiger partial charge in [0.25, 0.3) is 0 Å². The summed E-state index contributed by atoms with van der Waals surface area (Å²) in [5.41, 5.74) is 15.2. The van der Waals surface area contributed by atoms with Crippen molar-refractivity contribution >= 4 is 23.2 Å². The van der Waals surface area contributed by atoms with Crippen LogP contribution in [-0.4, -0.2) is 52.1 Å². The van der Waals surface area contributed by atoms with Gasteiger partial charge in [-0.3, -0.25) is 9.59 Å². The number of piperazine rings is 1. The molecule has 1 aliphatic rings. The van der Waals surface area contributed by atoms with Gasteiger partial charge < -0.3 is 35.7 Å². The summed E-state index contributed by atoms with van der Waals surface area (Å²) in [6, 6.07) is 26.1. The maximum Gasteiger partial charge on any atom is 0.223 e. The highest BCUT2D eigenvalue weighted by atomic mass is 19.1. The molecule has 2 amide bonds. The number of anilines is 2. The summed E-state index contributed by atoms with van der Waals surface area (Å²) in [5, 5.41) is 10.6. The number of imidazole rings is 1. The number of hydrogen-bond acceptors (Lipinski definition) is 7. The van der Waals surface area contributed by atoms with Crippen molar-refractivity contribution in [3.8, 4) is 17.2 Å². The van der Waals surface area contributed by atoms with E-state index >= 15 is 8.78 Å². The lowest BCUT2D eigenvalue weighted by molar-refractivity contribution is -0.118. The lowest BCUT2D eigenvalue weighted by Gasteiger charge is -2.44. The average Bonchev–Trinajstić information content (AvgIpc) is 3.46. The highest BCUT2D eigenvalue weighted by Gasteiger charge is 2.31. The van der Waals surface area contributed by atoms with Gasteiger partial charge in [0.05, 0.1) is 29.8 Å². The first-order valence-electron chi connectivity index (χ1n) is 16.3. The highest BCUT2D eigenvalue weighted by molar-refractivity contribution is 5.76.